The number of nitrogens with one attached hydrogen (secondary N) is 1. The molecule has 1 aromatic carbocycles. The molecule has 0 aromatic heterocycles. The molecule has 2 N–H and O–H groups in total. The van der Waals surface area contributed by atoms with Crippen LogP contribution in [-0.2, 0) is 9.63 Å². The predicted octanol–water partition coefficient (Wildman–Crippen LogP) is 1.70. The lowest BCUT2D eigenvalue weighted by atomic mass is 10.0. The van der Waals surface area contributed by atoms with Crippen LogP contribution in [0.4, 0.5) is 0 Å². The Bertz CT molecular complexity index is 500. The molecule has 114 valence electrons. The summed E-state index contributed by atoms with van der Waals surface area (Å²) in [4.78, 5) is 17.2. The highest BCUT2D eigenvalue weighted by atomic mass is 16.6. The Morgan fingerprint density at radius 2 is 2.14 bits per heavy atom. The van der Waals surface area contributed by atoms with Gasteiger partial charge in [-0.15, -0.1) is 0 Å². The van der Waals surface area contributed by atoms with Gasteiger partial charge in [-0.2, -0.15) is 0 Å². The summed E-state index contributed by atoms with van der Waals surface area (Å²) in [6.07, 6.45) is -0.00966. The van der Waals surface area contributed by atoms with Crippen LogP contribution in [0, 0.1) is 5.92 Å². The van der Waals surface area contributed by atoms with Crippen molar-refractivity contribution in [3.05, 3.63) is 35.9 Å². The van der Waals surface area contributed by atoms with E-state index in [4.69, 9.17) is 4.84 Å². The van der Waals surface area contributed by atoms with E-state index in [1.165, 1.54) is 0 Å². The number of nitrogens with zero attached hydrogens (tertiary/aromatic N) is 1. The second-order valence-electron chi connectivity index (χ2n) is 5.73. The molecule has 0 fully saturated rings. The van der Waals surface area contributed by atoms with Crippen molar-refractivity contribution in [2.24, 2.45) is 11.1 Å². The van der Waals surface area contributed by atoms with Crippen LogP contribution >= 0.6 is 0 Å². The zero-order valence-electron chi connectivity index (χ0n) is 12.5. The van der Waals surface area contributed by atoms with Gasteiger partial charge < -0.3 is 15.3 Å². The van der Waals surface area contributed by atoms with E-state index in [1.807, 2.05) is 44.2 Å². The third-order valence-electron chi connectivity index (χ3n) is 3.32. The van der Waals surface area contributed by atoms with Crippen molar-refractivity contribution in [3.63, 3.8) is 0 Å². The van der Waals surface area contributed by atoms with E-state index in [-0.39, 0.29) is 12.5 Å². The van der Waals surface area contributed by atoms with Crippen LogP contribution in [0.2, 0.25) is 0 Å². The molecule has 1 heterocycles. The largest absolute Gasteiger partial charge is 0.391 e. The Morgan fingerprint density at radius 3 is 2.81 bits per heavy atom. The molecule has 0 saturated heterocycles. The van der Waals surface area contributed by atoms with E-state index < -0.39 is 12.2 Å². The lowest BCUT2D eigenvalue weighted by Crippen LogP contribution is -2.39. The number of rotatable bonds is 6. The fraction of sp³-hybridized carbons (Fsp3) is 0.500. The van der Waals surface area contributed by atoms with Gasteiger partial charge in [-0.1, -0.05) is 49.3 Å². The van der Waals surface area contributed by atoms with E-state index in [0.717, 1.165) is 11.3 Å². The molecule has 1 aliphatic heterocycles. The first kappa shape index (κ1) is 15.5. The van der Waals surface area contributed by atoms with Crippen molar-refractivity contribution in [2.75, 3.05) is 6.54 Å². The molecule has 1 aliphatic rings. The maximum Gasteiger partial charge on any atom is 0.264 e. The highest BCUT2D eigenvalue weighted by Crippen LogP contribution is 2.16. The van der Waals surface area contributed by atoms with Gasteiger partial charge in [0.25, 0.3) is 5.91 Å². The van der Waals surface area contributed by atoms with Gasteiger partial charge in [0.2, 0.25) is 6.10 Å². The normalized spacial score (nSPS) is 19.0. The van der Waals surface area contributed by atoms with Crippen LogP contribution in [-0.4, -0.2) is 35.5 Å². The molecular weight excluding hydrogens is 268 g/mol. The lowest BCUT2D eigenvalue weighted by molar-refractivity contribution is -0.131. The molecule has 5 nitrogen and oxygen atoms in total. The maximum atomic E-state index is 12.0. The Kier molecular flexibility index (Phi) is 5.33. The van der Waals surface area contributed by atoms with Crippen molar-refractivity contribution in [2.45, 2.75) is 38.9 Å². The third-order valence-corrected chi connectivity index (χ3v) is 3.32. The molecule has 0 bridgehead atoms. The minimum Gasteiger partial charge on any atom is -0.391 e. The number of aliphatic hydroxyl groups excluding tert-OH is 1. The van der Waals surface area contributed by atoms with Crippen LogP contribution < -0.4 is 5.32 Å². The lowest BCUT2D eigenvalue weighted by Gasteiger charge is -2.15. The van der Waals surface area contributed by atoms with Crippen LogP contribution in [0.3, 0.4) is 0 Å². The van der Waals surface area contributed by atoms with E-state index in [0.29, 0.717) is 18.8 Å². The van der Waals surface area contributed by atoms with Gasteiger partial charge in [-0.3, -0.25) is 4.79 Å². The Hall–Kier alpha value is -1.88. The first-order valence-electron chi connectivity index (χ1n) is 7.30. The number of carbonyl (C=O) groups is 1. The molecule has 0 aliphatic carbocycles. The number of carbonyl (C=O) groups excluding carboxylic acids is 1. The minimum atomic E-state index is -0.605. The summed E-state index contributed by atoms with van der Waals surface area (Å²) in [5.41, 5.74) is 1.74. The molecule has 21 heavy (non-hydrogen) atoms. The molecule has 1 aromatic rings. The molecule has 2 atom stereocenters. The van der Waals surface area contributed by atoms with Gasteiger partial charge in [0.1, 0.15) is 0 Å². The van der Waals surface area contributed by atoms with Gasteiger partial charge in [0.15, 0.2) is 0 Å². The predicted molar refractivity (Wildman–Crippen MR) is 80.9 cm³/mol. The van der Waals surface area contributed by atoms with Crippen molar-refractivity contribution < 1.29 is 14.7 Å². The maximum absolute atomic E-state index is 12.0. The molecule has 2 rings (SSSR count). The number of aliphatic hydroxyl groups is 1. The summed E-state index contributed by atoms with van der Waals surface area (Å²) >= 11 is 0. The smallest absolute Gasteiger partial charge is 0.264 e. The van der Waals surface area contributed by atoms with Gasteiger partial charge in [0.05, 0.1) is 11.8 Å². The fourth-order valence-electron chi connectivity index (χ4n) is 2.28. The van der Waals surface area contributed by atoms with Crippen LogP contribution in [0.25, 0.3) is 0 Å². The standard InChI is InChI=1S/C16H22N2O3/c1-11(2)8-13(19)10-17-16(20)15-9-14(18-21-15)12-6-4-3-5-7-12/h3-7,11,13,15,19H,8-10H2,1-2H3,(H,17,20). The minimum absolute atomic E-state index is 0.229. The van der Waals surface area contributed by atoms with Crippen molar-refractivity contribution in [3.8, 4) is 0 Å². The van der Waals surface area contributed by atoms with E-state index >= 15 is 0 Å². The number of benzene rings is 1. The van der Waals surface area contributed by atoms with Crippen molar-refractivity contribution in [1.82, 2.24) is 5.32 Å². The van der Waals surface area contributed by atoms with Crippen molar-refractivity contribution >= 4 is 11.6 Å². The van der Waals surface area contributed by atoms with E-state index in [1.54, 1.807) is 0 Å². The monoisotopic (exact) mass is 290 g/mol. The highest BCUT2D eigenvalue weighted by Gasteiger charge is 2.28. The van der Waals surface area contributed by atoms with Gasteiger partial charge in [-0.05, 0) is 17.9 Å². The summed E-state index contributed by atoms with van der Waals surface area (Å²) < 4.78 is 0. The van der Waals surface area contributed by atoms with E-state index in [9.17, 15) is 9.90 Å². The summed E-state index contributed by atoms with van der Waals surface area (Å²) in [5.74, 6) is 0.167. The molecule has 0 saturated carbocycles. The molecule has 1 amide bonds. The second-order valence-corrected chi connectivity index (χ2v) is 5.73. The van der Waals surface area contributed by atoms with Gasteiger partial charge in [0, 0.05) is 13.0 Å². The average molecular weight is 290 g/mol. The first-order chi connectivity index (χ1) is 10.1. The van der Waals surface area contributed by atoms with Crippen LogP contribution in [0.1, 0.15) is 32.3 Å². The number of hydrogen-bond donors (Lipinski definition) is 2. The fourth-order valence-corrected chi connectivity index (χ4v) is 2.28. The number of hydrogen-bond acceptors (Lipinski definition) is 4. The number of oxime groups is 1. The number of amides is 1. The SMILES string of the molecule is CC(C)CC(O)CNC(=O)C1CC(c2ccccc2)=NO1. The molecule has 0 spiro atoms. The molecular formula is C16H22N2O3. The molecule has 2 unspecified atom stereocenters. The molecule has 0 radical (unpaired) electrons. The zero-order chi connectivity index (χ0) is 15.2. The zero-order valence-corrected chi connectivity index (χ0v) is 12.5. The second kappa shape index (κ2) is 7.22. The van der Waals surface area contributed by atoms with Crippen LogP contribution in [0.15, 0.2) is 35.5 Å². The highest BCUT2D eigenvalue weighted by molar-refractivity contribution is 6.04. The summed E-state index contributed by atoms with van der Waals surface area (Å²) in [6.45, 7) is 4.31. The Balaban J connectivity index is 1.79. The quantitative estimate of drug-likeness (QED) is 0.837. The van der Waals surface area contributed by atoms with Crippen LogP contribution in [0.5, 0.6) is 0 Å². The Labute approximate surface area is 125 Å². The first-order valence-corrected chi connectivity index (χ1v) is 7.30. The van der Waals surface area contributed by atoms with E-state index in [2.05, 4.69) is 10.5 Å². The third kappa shape index (κ3) is 4.56. The Morgan fingerprint density at radius 1 is 1.43 bits per heavy atom. The molecule has 5 heteroatoms. The van der Waals surface area contributed by atoms with Gasteiger partial charge >= 0.3 is 0 Å². The van der Waals surface area contributed by atoms with Gasteiger partial charge in [-0.25, -0.2) is 0 Å². The summed E-state index contributed by atoms with van der Waals surface area (Å²) in [5, 5.41) is 16.4. The summed E-state index contributed by atoms with van der Waals surface area (Å²) in [7, 11) is 0. The topological polar surface area (TPSA) is 70.9 Å². The summed E-state index contributed by atoms with van der Waals surface area (Å²) in [6, 6.07) is 9.66. The van der Waals surface area contributed by atoms with Crippen molar-refractivity contribution in [1.29, 1.82) is 0 Å². The average Bonchev–Trinajstić information content (AvgIpc) is 2.95.